The average Bonchev–Trinajstić information content (AvgIpc) is 2.71. The maximum atomic E-state index is 4.71. The molecule has 3 nitrogen and oxygen atoms in total. The Labute approximate surface area is 128 Å². The zero-order chi connectivity index (χ0) is 14.5. The molecule has 2 aliphatic rings. The van der Waals surface area contributed by atoms with E-state index >= 15 is 0 Å². The van der Waals surface area contributed by atoms with Gasteiger partial charge in [0.2, 0.25) is 0 Å². The van der Waals surface area contributed by atoms with E-state index in [4.69, 9.17) is 4.99 Å². The third-order valence-corrected chi connectivity index (χ3v) is 4.77. The van der Waals surface area contributed by atoms with Crippen LogP contribution in [0, 0.1) is 5.92 Å². The van der Waals surface area contributed by atoms with Crippen molar-refractivity contribution in [1.82, 2.24) is 4.90 Å². The second-order valence-corrected chi connectivity index (χ2v) is 6.51. The molecular formula is C18H27N3. The molecule has 1 aromatic rings. The summed E-state index contributed by atoms with van der Waals surface area (Å²) in [6.07, 6.45) is 8.45. The van der Waals surface area contributed by atoms with E-state index in [0.717, 1.165) is 24.1 Å². The fraction of sp³-hybridized carbons (Fsp3) is 0.611. The Kier molecular flexibility index (Phi) is 4.79. The number of nitrogens with one attached hydrogen (secondary N) is 1. The Morgan fingerprint density at radius 1 is 1.10 bits per heavy atom. The van der Waals surface area contributed by atoms with Crippen molar-refractivity contribution in [3.63, 3.8) is 0 Å². The van der Waals surface area contributed by atoms with Gasteiger partial charge >= 0.3 is 0 Å². The Balaban J connectivity index is 1.63. The maximum absolute atomic E-state index is 4.71. The summed E-state index contributed by atoms with van der Waals surface area (Å²) < 4.78 is 0. The van der Waals surface area contributed by atoms with Crippen LogP contribution in [0.1, 0.15) is 45.4 Å². The van der Waals surface area contributed by atoms with Crippen LogP contribution >= 0.6 is 0 Å². The highest BCUT2D eigenvalue weighted by Gasteiger charge is 2.27. The van der Waals surface area contributed by atoms with E-state index in [1.165, 1.54) is 45.1 Å². The van der Waals surface area contributed by atoms with Gasteiger partial charge in [0.15, 0.2) is 5.96 Å². The molecule has 0 unspecified atom stereocenters. The van der Waals surface area contributed by atoms with Gasteiger partial charge in [-0.2, -0.15) is 0 Å². The zero-order valence-electron chi connectivity index (χ0n) is 13.1. The molecule has 1 N–H and O–H groups in total. The molecular weight excluding hydrogens is 258 g/mol. The van der Waals surface area contributed by atoms with Gasteiger partial charge in [0.05, 0.1) is 6.54 Å². The zero-order valence-corrected chi connectivity index (χ0v) is 13.1. The average molecular weight is 285 g/mol. The van der Waals surface area contributed by atoms with Gasteiger partial charge in [0.1, 0.15) is 0 Å². The highest BCUT2D eigenvalue weighted by Crippen LogP contribution is 2.25. The van der Waals surface area contributed by atoms with Crippen molar-refractivity contribution < 1.29 is 0 Å². The van der Waals surface area contributed by atoms with Crippen LogP contribution in [0.2, 0.25) is 0 Å². The molecule has 0 spiro atoms. The molecule has 0 saturated heterocycles. The second kappa shape index (κ2) is 6.97. The molecule has 114 valence electrons. The number of hydrogen-bond donors (Lipinski definition) is 1. The minimum Gasteiger partial charge on any atom is -0.338 e. The van der Waals surface area contributed by atoms with Crippen molar-refractivity contribution in [2.45, 2.75) is 51.5 Å². The Morgan fingerprint density at radius 2 is 1.81 bits per heavy atom. The van der Waals surface area contributed by atoms with Crippen LogP contribution in [0.3, 0.4) is 0 Å². The molecule has 21 heavy (non-hydrogen) atoms. The SMILES string of the molecule is C[C@H]1CN=C(Nc2ccccc2)N1CC1CCCCCC1. The monoisotopic (exact) mass is 285 g/mol. The van der Waals surface area contributed by atoms with Gasteiger partial charge in [0, 0.05) is 18.3 Å². The molecule has 0 amide bonds. The highest BCUT2D eigenvalue weighted by atomic mass is 15.4. The number of rotatable bonds is 3. The standard InChI is InChI=1S/C18H27N3/c1-15-13-19-18(20-17-11-7-4-8-12-17)21(15)14-16-9-5-2-3-6-10-16/h4,7-8,11-12,15-16H,2-3,5-6,9-10,13-14H2,1H3,(H,19,20)/t15-/m0/s1. The van der Waals surface area contributed by atoms with Gasteiger partial charge in [-0.3, -0.25) is 4.99 Å². The molecule has 0 radical (unpaired) electrons. The largest absolute Gasteiger partial charge is 0.338 e. The van der Waals surface area contributed by atoms with Crippen molar-refractivity contribution in [3.05, 3.63) is 30.3 Å². The van der Waals surface area contributed by atoms with Crippen LogP contribution in [0.4, 0.5) is 5.69 Å². The molecule has 1 aromatic carbocycles. The summed E-state index contributed by atoms with van der Waals surface area (Å²) in [6, 6.07) is 10.9. The van der Waals surface area contributed by atoms with E-state index in [1.807, 2.05) is 6.07 Å². The predicted molar refractivity (Wildman–Crippen MR) is 89.7 cm³/mol. The summed E-state index contributed by atoms with van der Waals surface area (Å²) in [6.45, 7) is 4.38. The summed E-state index contributed by atoms with van der Waals surface area (Å²) in [5, 5.41) is 3.50. The van der Waals surface area contributed by atoms with Gasteiger partial charge < -0.3 is 10.2 Å². The lowest BCUT2D eigenvalue weighted by molar-refractivity contribution is 0.283. The van der Waals surface area contributed by atoms with Crippen LogP contribution in [0.5, 0.6) is 0 Å². The first kappa shape index (κ1) is 14.4. The lowest BCUT2D eigenvalue weighted by Gasteiger charge is -2.30. The maximum Gasteiger partial charge on any atom is 0.198 e. The molecule has 3 heteroatoms. The number of nitrogens with zero attached hydrogens (tertiary/aromatic N) is 2. The van der Waals surface area contributed by atoms with E-state index in [2.05, 4.69) is 41.4 Å². The normalized spacial score (nSPS) is 23.8. The Morgan fingerprint density at radius 3 is 2.52 bits per heavy atom. The first-order chi connectivity index (χ1) is 10.3. The number of hydrogen-bond acceptors (Lipinski definition) is 3. The third kappa shape index (κ3) is 3.78. The van der Waals surface area contributed by atoms with Crippen molar-refractivity contribution in [2.75, 3.05) is 18.4 Å². The van der Waals surface area contributed by atoms with Gasteiger partial charge in [-0.25, -0.2) is 0 Å². The molecule has 3 rings (SSSR count). The lowest BCUT2D eigenvalue weighted by Crippen LogP contribution is -2.41. The van der Waals surface area contributed by atoms with Crippen LogP contribution in [-0.4, -0.2) is 30.0 Å². The van der Waals surface area contributed by atoms with Gasteiger partial charge in [0.25, 0.3) is 0 Å². The smallest absolute Gasteiger partial charge is 0.198 e. The molecule has 0 bridgehead atoms. The molecule has 1 aliphatic heterocycles. The summed E-state index contributed by atoms with van der Waals surface area (Å²) >= 11 is 0. The predicted octanol–water partition coefficient (Wildman–Crippen LogP) is 4.13. The van der Waals surface area contributed by atoms with Gasteiger partial charge in [-0.15, -0.1) is 0 Å². The number of anilines is 1. The minimum absolute atomic E-state index is 0.527. The number of guanidine groups is 1. The van der Waals surface area contributed by atoms with E-state index < -0.39 is 0 Å². The van der Waals surface area contributed by atoms with Crippen molar-refractivity contribution >= 4 is 11.6 Å². The quantitative estimate of drug-likeness (QED) is 0.846. The van der Waals surface area contributed by atoms with E-state index in [9.17, 15) is 0 Å². The molecule has 1 heterocycles. The van der Waals surface area contributed by atoms with E-state index in [1.54, 1.807) is 0 Å². The van der Waals surface area contributed by atoms with Gasteiger partial charge in [-0.1, -0.05) is 43.9 Å². The molecule has 0 aromatic heterocycles. The topological polar surface area (TPSA) is 27.6 Å². The summed E-state index contributed by atoms with van der Waals surface area (Å²) in [5.74, 6) is 1.91. The first-order valence-electron chi connectivity index (χ1n) is 8.46. The number of aliphatic imine (C=N–C) groups is 1. The minimum atomic E-state index is 0.527. The fourth-order valence-corrected chi connectivity index (χ4v) is 3.47. The Hall–Kier alpha value is -1.51. The highest BCUT2D eigenvalue weighted by molar-refractivity contribution is 5.94. The van der Waals surface area contributed by atoms with E-state index in [-0.39, 0.29) is 0 Å². The van der Waals surface area contributed by atoms with Crippen LogP contribution < -0.4 is 5.32 Å². The summed E-state index contributed by atoms with van der Waals surface area (Å²) in [4.78, 5) is 7.20. The van der Waals surface area contributed by atoms with Crippen LogP contribution in [0.15, 0.2) is 35.3 Å². The molecule has 1 atom stereocenters. The molecule has 1 saturated carbocycles. The fourth-order valence-electron chi connectivity index (χ4n) is 3.47. The first-order valence-corrected chi connectivity index (χ1v) is 8.46. The molecule has 1 aliphatic carbocycles. The molecule has 1 fully saturated rings. The second-order valence-electron chi connectivity index (χ2n) is 6.51. The van der Waals surface area contributed by atoms with Crippen molar-refractivity contribution in [3.8, 4) is 0 Å². The number of para-hydroxylation sites is 1. The van der Waals surface area contributed by atoms with Crippen LogP contribution in [-0.2, 0) is 0 Å². The lowest BCUT2D eigenvalue weighted by atomic mass is 9.99. The van der Waals surface area contributed by atoms with Crippen molar-refractivity contribution in [1.29, 1.82) is 0 Å². The van der Waals surface area contributed by atoms with Crippen molar-refractivity contribution in [2.24, 2.45) is 10.9 Å². The van der Waals surface area contributed by atoms with Gasteiger partial charge in [-0.05, 0) is 37.8 Å². The number of benzene rings is 1. The Bertz CT molecular complexity index is 461. The van der Waals surface area contributed by atoms with E-state index in [0.29, 0.717) is 6.04 Å². The summed E-state index contributed by atoms with van der Waals surface area (Å²) in [5.41, 5.74) is 1.14. The van der Waals surface area contributed by atoms with Crippen LogP contribution in [0.25, 0.3) is 0 Å². The summed E-state index contributed by atoms with van der Waals surface area (Å²) in [7, 11) is 0. The third-order valence-electron chi connectivity index (χ3n) is 4.77.